The molecule has 1 aromatic carbocycles. The summed E-state index contributed by atoms with van der Waals surface area (Å²) in [7, 11) is 0. The summed E-state index contributed by atoms with van der Waals surface area (Å²) in [5.74, 6) is -3.64. The average Bonchev–Trinajstić information content (AvgIpc) is 2.44. The van der Waals surface area contributed by atoms with Gasteiger partial charge in [0, 0.05) is 12.0 Å². The molecule has 0 aromatic heterocycles. The van der Waals surface area contributed by atoms with Gasteiger partial charge in [0.25, 0.3) is 5.91 Å². The van der Waals surface area contributed by atoms with Crippen LogP contribution in [0.1, 0.15) is 36.0 Å². The maximum Gasteiger partial charge on any atom is 0.252 e. The fourth-order valence-electron chi connectivity index (χ4n) is 1.72. The second-order valence-electron chi connectivity index (χ2n) is 4.46. The van der Waals surface area contributed by atoms with Gasteiger partial charge in [-0.1, -0.05) is 0 Å². The highest BCUT2D eigenvalue weighted by atomic mass is 19.2. The molecule has 0 aliphatic heterocycles. The first kappa shape index (κ1) is 16.6. The molecule has 0 aliphatic carbocycles. The third kappa shape index (κ3) is 5.18. The van der Waals surface area contributed by atoms with E-state index in [1.165, 1.54) is 0 Å². The molecule has 1 aromatic rings. The van der Waals surface area contributed by atoms with E-state index in [9.17, 15) is 18.4 Å². The molecular formula is C14H15F2N3O2. The van der Waals surface area contributed by atoms with Gasteiger partial charge in [0.05, 0.1) is 6.07 Å². The Hall–Kier alpha value is -2.49. The van der Waals surface area contributed by atoms with Gasteiger partial charge in [-0.05, 0) is 37.5 Å². The number of nitrogens with zero attached hydrogens (tertiary/aromatic N) is 1. The molecule has 0 radical (unpaired) electrons. The second kappa shape index (κ2) is 7.94. The molecule has 0 heterocycles. The highest BCUT2D eigenvalue weighted by molar-refractivity contribution is 5.97. The lowest BCUT2D eigenvalue weighted by atomic mass is 10.1. The van der Waals surface area contributed by atoms with Gasteiger partial charge in [-0.2, -0.15) is 5.26 Å². The predicted molar refractivity (Wildman–Crippen MR) is 70.9 cm³/mol. The molecule has 1 atom stereocenters. The zero-order valence-electron chi connectivity index (χ0n) is 11.2. The zero-order chi connectivity index (χ0) is 15.8. The largest absolute Gasteiger partial charge is 0.368 e. The molecule has 21 heavy (non-hydrogen) atoms. The number of nitriles is 1. The van der Waals surface area contributed by atoms with Crippen LogP contribution in [0.25, 0.3) is 0 Å². The van der Waals surface area contributed by atoms with Crippen molar-refractivity contribution < 1.29 is 18.4 Å². The fourth-order valence-corrected chi connectivity index (χ4v) is 1.72. The zero-order valence-corrected chi connectivity index (χ0v) is 11.2. The molecule has 112 valence electrons. The standard InChI is InChI=1S/C14H15F2N3O2/c15-10-6-5-9(8-11(10)16)14(21)19-12(13(18)20)4-2-1-3-7-17/h5-6,8,12H,1-4H2,(H2,18,20)(H,19,21)/t12-/m0/s1. The smallest absolute Gasteiger partial charge is 0.252 e. The van der Waals surface area contributed by atoms with Gasteiger partial charge in [0.2, 0.25) is 5.91 Å². The maximum absolute atomic E-state index is 13.0. The normalized spacial score (nSPS) is 11.5. The van der Waals surface area contributed by atoms with E-state index in [0.717, 1.165) is 18.2 Å². The van der Waals surface area contributed by atoms with Crippen LogP contribution in [0.5, 0.6) is 0 Å². The number of primary amides is 1. The lowest BCUT2D eigenvalue weighted by molar-refractivity contribution is -0.120. The summed E-state index contributed by atoms with van der Waals surface area (Å²) in [6.45, 7) is 0. The minimum absolute atomic E-state index is 0.0998. The second-order valence-corrected chi connectivity index (χ2v) is 4.46. The van der Waals surface area contributed by atoms with Crippen molar-refractivity contribution in [2.75, 3.05) is 0 Å². The Morgan fingerprint density at radius 2 is 2.00 bits per heavy atom. The van der Waals surface area contributed by atoms with E-state index < -0.39 is 29.5 Å². The van der Waals surface area contributed by atoms with Gasteiger partial charge in [-0.3, -0.25) is 9.59 Å². The van der Waals surface area contributed by atoms with E-state index in [2.05, 4.69) is 5.32 Å². The number of rotatable bonds is 7. The summed E-state index contributed by atoms with van der Waals surface area (Å²) in [6.07, 6.45) is 1.76. The van der Waals surface area contributed by atoms with Crippen LogP contribution in [0.2, 0.25) is 0 Å². The number of halogens is 2. The Morgan fingerprint density at radius 1 is 1.29 bits per heavy atom. The van der Waals surface area contributed by atoms with Crippen LogP contribution in [0, 0.1) is 23.0 Å². The summed E-state index contributed by atoms with van der Waals surface area (Å²) in [5, 5.41) is 10.8. The summed E-state index contributed by atoms with van der Waals surface area (Å²) in [4.78, 5) is 23.1. The molecular weight excluding hydrogens is 280 g/mol. The summed E-state index contributed by atoms with van der Waals surface area (Å²) >= 11 is 0. The number of carbonyl (C=O) groups excluding carboxylic acids is 2. The van der Waals surface area contributed by atoms with E-state index in [1.54, 1.807) is 0 Å². The molecule has 2 amide bonds. The van der Waals surface area contributed by atoms with Gasteiger partial charge in [0.15, 0.2) is 11.6 Å². The van der Waals surface area contributed by atoms with Crippen molar-refractivity contribution in [2.24, 2.45) is 5.73 Å². The number of hydrogen-bond donors (Lipinski definition) is 2. The molecule has 5 nitrogen and oxygen atoms in total. The van der Waals surface area contributed by atoms with Crippen molar-refractivity contribution >= 4 is 11.8 Å². The monoisotopic (exact) mass is 295 g/mol. The van der Waals surface area contributed by atoms with Crippen LogP contribution >= 0.6 is 0 Å². The van der Waals surface area contributed by atoms with Crippen molar-refractivity contribution in [3.8, 4) is 6.07 Å². The highest BCUT2D eigenvalue weighted by Gasteiger charge is 2.19. The van der Waals surface area contributed by atoms with Crippen LogP contribution < -0.4 is 11.1 Å². The first-order valence-corrected chi connectivity index (χ1v) is 6.38. The Kier molecular flexibility index (Phi) is 6.27. The van der Waals surface area contributed by atoms with Gasteiger partial charge in [-0.25, -0.2) is 8.78 Å². The van der Waals surface area contributed by atoms with Gasteiger partial charge in [-0.15, -0.1) is 0 Å². The molecule has 0 aliphatic rings. The number of nitrogens with one attached hydrogen (secondary N) is 1. The fraction of sp³-hybridized carbons (Fsp3) is 0.357. The van der Waals surface area contributed by atoms with Gasteiger partial charge in [0.1, 0.15) is 6.04 Å². The molecule has 0 saturated heterocycles. The molecule has 0 spiro atoms. The Morgan fingerprint density at radius 3 is 2.57 bits per heavy atom. The Bertz CT molecular complexity index is 570. The SMILES string of the molecule is N#CCCCC[C@H](NC(=O)c1ccc(F)c(F)c1)C(N)=O. The van der Waals surface area contributed by atoms with Crippen LogP contribution in [-0.2, 0) is 4.79 Å². The van der Waals surface area contributed by atoms with E-state index >= 15 is 0 Å². The summed E-state index contributed by atoms with van der Waals surface area (Å²) in [6, 6.07) is 3.75. The summed E-state index contributed by atoms with van der Waals surface area (Å²) in [5.41, 5.74) is 5.08. The Balaban J connectivity index is 2.65. The Labute approximate surface area is 120 Å². The van der Waals surface area contributed by atoms with E-state index in [4.69, 9.17) is 11.0 Å². The molecule has 0 bridgehead atoms. The summed E-state index contributed by atoms with van der Waals surface area (Å²) < 4.78 is 25.8. The van der Waals surface area contributed by atoms with Crippen molar-refractivity contribution in [2.45, 2.75) is 31.7 Å². The third-order valence-corrected chi connectivity index (χ3v) is 2.86. The van der Waals surface area contributed by atoms with Crippen LogP contribution in [-0.4, -0.2) is 17.9 Å². The van der Waals surface area contributed by atoms with Crippen molar-refractivity contribution in [1.82, 2.24) is 5.32 Å². The maximum atomic E-state index is 13.0. The molecule has 0 saturated carbocycles. The first-order valence-electron chi connectivity index (χ1n) is 6.38. The predicted octanol–water partition coefficient (Wildman–Crippen LogP) is 1.63. The molecule has 0 unspecified atom stereocenters. The highest BCUT2D eigenvalue weighted by Crippen LogP contribution is 2.10. The molecule has 7 heteroatoms. The average molecular weight is 295 g/mol. The van der Waals surface area contributed by atoms with Gasteiger partial charge >= 0.3 is 0 Å². The molecule has 3 N–H and O–H groups in total. The van der Waals surface area contributed by atoms with E-state index in [1.807, 2.05) is 6.07 Å². The minimum Gasteiger partial charge on any atom is -0.368 e. The quantitative estimate of drug-likeness (QED) is 0.748. The topological polar surface area (TPSA) is 96.0 Å². The first-order chi connectivity index (χ1) is 9.95. The number of nitrogens with two attached hydrogens (primary N) is 1. The van der Waals surface area contributed by atoms with E-state index in [0.29, 0.717) is 19.3 Å². The number of amides is 2. The third-order valence-electron chi connectivity index (χ3n) is 2.86. The van der Waals surface area contributed by atoms with Crippen LogP contribution in [0.3, 0.4) is 0 Å². The number of carbonyl (C=O) groups is 2. The van der Waals surface area contributed by atoms with Crippen molar-refractivity contribution in [3.63, 3.8) is 0 Å². The van der Waals surface area contributed by atoms with Crippen molar-refractivity contribution in [1.29, 1.82) is 5.26 Å². The number of unbranched alkanes of at least 4 members (excludes halogenated alkanes) is 2. The minimum atomic E-state index is -1.15. The van der Waals surface area contributed by atoms with E-state index in [-0.39, 0.29) is 12.0 Å². The number of hydrogen-bond acceptors (Lipinski definition) is 3. The van der Waals surface area contributed by atoms with Crippen LogP contribution in [0.15, 0.2) is 18.2 Å². The molecule has 0 fully saturated rings. The van der Waals surface area contributed by atoms with Crippen LogP contribution in [0.4, 0.5) is 8.78 Å². The lowest BCUT2D eigenvalue weighted by Crippen LogP contribution is -2.44. The van der Waals surface area contributed by atoms with Crippen molar-refractivity contribution in [3.05, 3.63) is 35.4 Å². The lowest BCUT2D eigenvalue weighted by Gasteiger charge is -2.15. The molecule has 1 rings (SSSR count). The number of benzene rings is 1. The van der Waals surface area contributed by atoms with Gasteiger partial charge < -0.3 is 11.1 Å².